The van der Waals surface area contributed by atoms with Gasteiger partial charge in [0, 0.05) is 28.4 Å². The number of carbonyl (C=O) groups excluding carboxylic acids is 2. The fourth-order valence-electron chi connectivity index (χ4n) is 2.43. The number of hydrogen-bond acceptors (Lipinski definition) is 2. The SMILES string of the molecule is O=Cc1cn(CC(=O)Nc2ccc(Cl)c(Cl)c2)c2ccccc12. The third-order valence-corrected chi connectivity index (χ3v) is 4.20. The molecule has 0 aliphatic heterocycles. The van der Waals surface area contributed by atoms with Gasteiger partial charge in [-0.1, -0.05) is 41.4 Å². The number of rotatable bonds is 4. The van der Waals surface area contributed by atoms with Crippen molar-refractivity contribution >= 4 is 52.0 Å². The van der Waals surface area contributed by atoms with Gasteiger partial charge in [0.05, 0.1) is 10.0 Å². The number of fused-ring (bicyclic) bond motifs is 1. The normalized spacial score (nSPS) is 10.7. The Labute approximate surface area is 142 Å². The molecule has 1 aromatic heterocycles. The molecule has 3 rings (SSSR count). The van der Waals surface area contributed by atoms with Crippen molar-refractivity contribution in [3.8, 4) is 0 Å². The van der Waals surface area contributed by atoms with E-state index >= 15 is 0 Å². The van der Waals surface area contributed by atoms with E-state index in [-0.39, 0.29) is 12.5 Å². The second kappa shape index (κ2) is 6.44. The molecule has 0 saturated heterocycles. The molecule has 0 bridgehead atoms. The highest BCUT2D eigenvalue weighted by Gasteiger charge is 2.11. The van der Waals surface area contributed by atoms with Gasteiger partial charge in [-0.05, 0) is 24.3 Å². The Kier molecular flexibility index (Phi) is 4.37. The van der Waals surface area contributed by atoms with Gasteiger partial charge in [-0.25, -0.2) is 0 Å². The molecule has 6 heteroatoms. The van der Waals surface area contributed by atoms with Crippen LogP contribution in [0.25, 0.3) is 10.9 Å². The zero-order chi connectivity index (χ0) is 16.4. The van der Waals surface area contributed by atoms with E-state index < -0.39 is 0 Å². The predicted molar refractivity (Wildman–Crippen MR) is 92.4 cm³/mol. The summed E-state index contributed by atoms with van der Waals surface area (Å²) < 4.78 is 1.74. The van der Waals surface area contributed by atoms with E-state index in [1.54, 1.807) is 29.0 Å². The highest BCUT2D eigenvalue weighted by atomic mass is 35.5. The lowest BCUT2D eigenvalue weighted by atomic mass is 10.2. The minimum absolute atomic E-state index is 0.0919. The second-order valence-electron chi connectivity index (χ2n) is 5.02. The van der Waals surface area contributed by atoms with Crippen LogP contribution in [-0.2, 0) is 11.3 Å². The molecule has 0 radical (unpaired) electrons. The van der Waals surface area contributed by atoms with E-state index in [9.17, 15) is 9.59 Å². The van der Waals surface area contributed by atoms with Crippen molar-refractivity contribution in [2.45, 2.75) is 6.54 Å². The molecule has 23 heavy (non-hydrogen) atoms. The summed E-state index contributed by atoms with van der Waals surface area (Å²) in [4.78, 5) is 23.4. The molecule has 0 unspecified atom stereocenters. The molecule has 3 aromatic rings. The third kappa shape index (κ3) is 3.23. The van der Waals surface area contributed by atoms with Crippen LogP contribution in [0.3, 0.4) is 0 Å². The van der Waals surface area contributed by atoms with Crippen molar-refractivity contribution in [3.63, 3.8) is 0 Å². The van der Waals surface area contributed by atoms with Crippen molar-refractivity contribution in [2.24, 2.45) is 0 Å². The minimum Gasteiger partial charge on any atom is -0.337 e. The van der Waals surface area contributed by atoms with Crippen LogP contribution in [-0.4, -0.2) is 16.8 Å². The topological polar surface area (TPSA) is 51.1 Å². The van der Waals surface area contributed by atoms with Crippen molar-refractivity contribution in [1.29, 1.82) is 0 Å². The number of hydrogen-bond donors (Lipinski definition) is 1. The van der Waals surface area contributed by atoms with Gasteiger partial charge in [0.1, 0.15) is 6.54 Å². The van der Waals surface area contributed by atoms with Crippen molar-refractivity contribution in [2.75, 3.05) is 5.32 Å². The Morgan fingerprint density at radius 3 is 2.65 bits per heavy atom. The fourth-order valence-corrected chi connectivity index (χ4v) is 2.73. The highest BCUT2D eigenvalue weighted by Crippen LogP contribution is 2.25. The molecule has 0 atom stereocenters. The number of benzene rings is 2. The Balaban J connectivity index is 1.83. The summed E-state index contributed by atoms with van der Waals surface area (Å²) in [7, 11) is 0. The molecule has 0 spiro atoms. The number of amides is 1. The van der Waals surface area contributed by atoms with Gasteiger partial charge in [0.2, 0.25) is 5.91 Å². The van der Waals surface area contributed by atoms with Gasteiger partial charge in [0.15, 0.2) is 6.29 Å². The largest absolute Gasteiger partial charge is 0.337 e. The number of para-hydroxylation sites is 1. The second-order valence-corrected chi connectivity index (χ2v) is 5.84. The molecule has 0 aliphatic rings. The first-order chi connectivity index (χ1) is 11.1. The summed E-state index contributed by atoms with van der Waals surface area (Å²) in [6.45, 7) is 0.0919. The lowest BCUT2D eigenvalue weighted by Crippen LogP contribution is -2.18. The van der Waals surface area contributed by atoms with E-state index in [4.69, 9.17) is 23.2 Å². The first-order valence-corrected chi connectivity index (χ1v) is 7.62. The Morgan fingerprint density at radius 1 is 1.13 bits per heavy atom. The minimum atomic E-state index is -0.221. The summed E-state index contributed by atoms with van der Waals surface area (Å²) in [5, 5.41) is 4.38. The Hall–Kier alpha value is -2.30. The quantitative estimate of drug-likeness (QED) is 0.711. The third-order valence-electron chi connectivity index (χ3n) is 3.46. The molecule has 1 N–H and O–H groups in total. The Morgan fingerprint density at radius 2 is 1.91 bits per heavy atom. The van der Waals surface area contributed by atoms with Crippen LogP contribution in [0.15, 0.2) is 48.7 Å². The van der Waals surface area contributed by atoms with Crippen LogP contribution in [0.4, 0.5) is 5.69 Å². The molecule has 1 amide bonds. The molecular weight excluding hydrogens is 335 g/mol. The number of nitrogens with zero attached hydrogens (tertiary/aromatic N) is 1. The molecule has 1 heterocycles. The van der Waals surface area contributed by atoms with Crippen LogP contribution < -0.4 is 5.32 Å². The van der Waals surface area contributed by atoms with Gasteiger partial charge >= 0.3 is 0 Å². The molecule has 2 aromatic carbocycles. The van der Waals surface area contributed by atoms with E-state index in [1.807, 2.05) is 24.3 Å². The lowest BCUT2D eigenvalue weighted by molar-refractivity contribution is -0.116. The van der Waals surface area contributed by atoms with Gasteiger partial charge in [-0.3, -0.25) is 9.59 Å². The molecule has 0 saturated carbocycles. The molecule has 116 valence electrons. The van der Waals surface area contributed by atoms with Gasteiger partial charge in [-0.2, -0.15) is 0 Å². The highest BCUT2D eigenvalue weighted by molar-refractivity contribution is 6.42. The summed E-state index contributed by atoms with van der Waals surface area (Å²) >= 11 is 11.8. The predicted octanol–water partition coefficient (Wildman–Crippen LogP) is 4.40. The van der Waals surface area contributed by atoms with Crippen LogP contribution in [0.2, 0.25) is 10.0 Å². The van der Waals surface area contributed by atoms with Crippen LogP contribution in [0.1, 0.15) is 10.4 Å². The number of carbonyl (C=O) groups is 2. The monoisotopic (exact) mass is 346 g/mol. The van der Waals surface area contributed by atoms with E-state index in [0.29, 0.717) is 21.3 Å². The number of aldehydes is 1. The first-order valence-electron chi connectivity index (χ1n) is 6.86. The van der Waals surface area contributed by atoms with Crippen molar-refractivity contribution in [1.82, 2.24) is 4.57 Å². The molecule has 0 aliphatic carbocycles. The standard InChI is InChI=1S/C17H12Cl2N2O2/c18-14-6-5-12(7-15(14)19)20-17(23)9-21-8-11(10-22)13-3-1-2-4-16(13)21/h1-8,10H,9H2,(H,20,23). The van der Waals surface area contributed by atoms with Gasteiger partial charge in [0.25, 0.3) is 0 Å². The zero-order valence-corrected chi connectivity index (χ0v) is 13.4. The number of anilines is 1. The first kappa shape index (κ1) is 15.6. The van der Waals surface area contributed by atoms with Gasteiger partial charge in [-0.15, -0.1) is 0 Å². The lowest BCUT2D eigenvalue weighted by Gasteiger charge is -2.08. The smallest absolute Gasteiger partial charge is 0.244 e. The summed E-state index contributed by atoms with van der Waals surface area (Å²) in [6.07, 6.45) is 2.46. The summed E-state index contributed by atoms with van der Waals surface area (Å²) in [5.74, 6) is -0.221. The fraction of sp³-hybridized carbons (Fsp3) is 0.0588. The van der Waals surface area contributed by atoms with Crippen LogP contribution in [0.5, 0.6) is 0 Å². The van der Waals surface area contributed by atoms with E-state index in [2.05, 4.69) is 5.32 Å². The number of aromatic nitrogens is 1. The number of halogens is 2. The maximum Gasteiger partial charge on any atom is 0.244 e. The molecular formula is C17H12Cl2N2O2. The van der Waals surface area contributed by atoms with E-state index in [0.717, 1.165) is 17.2 Å². The zero-order valence-electron chi connectivity index (χ0n) is 11.9. The molecule has 0 fully saturated rings. The van der Waals surface area contributed by atoms with Crippen LogP contribution in [0, 0.1) is 0 Å². The summed E-state index contributed by atoms with van der Waals surface area (Å²) in [5.41, 5.74) is 1.96. The Bertz CT molecular complexity index is 903. The van der Waals surface area contributed by atoms with Crippen LogP contribution >= 0.6 is 23.2 Å². The average Bonchev–Trinajstić information content (AvgIpc) is 2.89. The van der Waals surface area contributed by atoms with Crippen molar-refractivity contribution in [3.05, 3.63) is 64.3 Å². The average molecular weight is 347 g/mol. The molecule has 4 nitrogen and oxygen atoms in total. The van der Waals surface area contributed by atoms with Crippen molar-refractivity contribution < 1.29 is 9.59 Å². The van der Waals surface area contributed by atoms with Gasteiger partial charge < -0.3 is 9.88 Å². The summed E-state index contributed by atoms with van der Waals surface area (Å²) in [6, 6.07) is 12.3. The maximum atomic E-state index is 12.2. The number of nitrogens with one attached hydrogen (secondary N) is 1. The maximum absolute atomic E-state index is 12.2. The van der Waals surface area contributed by atoms with E-state index in [1.165, 1.54) is 0 Å².